The van der Waals surface area contributed by atoms with Gasteiger partial charge in [-0.05, 0) is 25.5 Å². The molecule has 0 spiro atoms. The number of cyclic esters (lactones) is 1. The fraction of sp³-hybridized carbons (Fsp3) is 0.500. The number of carbonyl (C=O) groups excluding carboxylic acids is 2. The lowest BCUT2D eigenvalue weighted by molar-refractivity contribution is -0.160. The number of hydrogen-bond donors (Lipinski definition) is 0. The molecule has 7 nitrogen and oxygen atoms in total. The van der Waals surface area contributed by atoms with Crippen LogP contribution in [0.2, 0.25) is 0 Å². The Morgan fingerprint density at radius 3 is 2.81 bits per heavy atom. The van der Waals surface area contributed by atoms with E-state index in [9.17, 15) is 14.4 Å². The second kappa shape index (κ2) is 8.33. The van der Waals surface area contributed by atoms with E-state index in [1.54, 1.807) is 11.5 Å². The van der Waals surface area contributed by atoms with E-state index in [4.69, 9.17) is 9.47 Å². The molecule has 27 heavy (non-hydrogen) atoms. The molecule has 1 aliphatic rings. The molecule has 0 radical (unpaired) electrons. The molecule has 1 aromatic heterocycles. The van der Waals surface area contributed by atoms with E-state index < -0.39 is 18.0 Å². The number of ether oxygens (including phenoxy) is 2. The number of nitrogens with zero attached hydrogens (tertiary/aromatic N) is 2. The standard InChI is InChI=1S/C20H24N2O5/c1-3-4-11-22-16-8-6-5-7-14(16)21-15(19(22)24)9-10-18(23)27-17-12-13(2)26-20(17)25/h5-8,13,17H,3-4,9-12H2,1-2H3/t13-,17-/m1/s1. The molecule has 0 aliphatic carbocycles. The Labute approximate surface area is 157 Å². The summed E-state index contributed by atoms with van der Waals surface area (Å²) in [7, 11) is 0. The third-order valence-corrected chi connectivity index (χ3v) is 4.62. The van der Waals surface area contributed by atoms with Gasteiger partial charge in [0.15, 0.2) is 0 Å². The minimum absolute atomic E-state index is 0.00742. The van der Waals surface area contributed by atoms with Crippen LogP contribution in [0, 0.1) is 0 Å². The van der Waals surface area contributed by atoms with Gasteiger partial charge in [-0.1, -0.05) is 25.5 Å². The van der Waals surface area contributed by atoms with Crippen LogP contribution in [-0.4, -0.2) is 33.7 Å². The zero-order valence-corrected chi connectivity index (χ0v) is 15.6. The molecule has 0 unspecified atom stereocenters. The number of unbranched alkanes of at least 4 members (excludes halogenated alkanes) is 1. The monoisotopic (exact) mass is 372 g/mol. The summed E-state index contributed by atoms with van der Waals surface area (Å²) in [4.78, 5) is 40.9. The van der Waals surface area contributed by atoms with Gasteiger partial charge in [-0.25, -0.2) is 9.78 Å². The topological polar surface area (TPSA) is 87.5 Å². The van der Waals surface area contributed by atoms with Crippen LogP contribution in [0.15, 0.2) is 29.1 Å². The molecule has 0 amide bonds. The average molecular weight is 372 g/mol. The maximum atomic E-state index is 12.8. The SMILES string of the molecule is CCCCn1c(=O)c(CCC(=O)O[C@@H]2C[C@@H](C)OC2=O)nc2ccccc21. The highest BCUT2D eigenvalue weighted by atomic mass is 16.6. The summed E-state index contributed by atoms with van der Waals surface area (Å²) in [6, 6.07) is 7.48. The molecular weight excluding hydrogens is 348 g/mol. The second-order valence-corrected chi connectivity index (χ2v) is 6.82. The quantitative estimate of drug-likeness (QED) is 0.694. The summed E-state index contributed by atoms with van der Waals surface area (Å²) in [6.45, 7) is 4.44. The van der Waals surface area contributed by atoms with Crippen LogP contribution in [0.3, 0.4) is 0 Å². The van der Waals surface area contributed by atoms with Gasteiger partial charge in [0, 0.05) is 19.4 Å². The van der Waals surface area contributed by atoms with E-state index in [-0.39, 0.29) is 24.5 Å². The Hall–Kier alpha value is -2.70. The van der Waals surface area contributed by atoms with E-state index in [1.807, 2.05) is 24.3 Å². The Morgan fingerprint density at radius 1 is 1.33 bits per heavy atom. The third-order valence-electron chi connectivity index (χ3n) is 4.62. The lowest BCUT2D eigenvalue weighted by Crippen LogP contribution is -2.27. The van der Waals surface area contributed by atoms with Gasteiger partial charge in [0.25, 0.3) is 5.56 Å². The minimum atomic E-state index is -0.849. The highest BCUT2D eigenvalue weighted by Gasteiger charge is 2.34. The van der Waals surface area contributed by atoms with Crippen molar-refractivity contribution >= 4 is 23.0 Å². The van der Waals surface area contributed by atoms with Gasteiger partial charge in [0.2, 0.25) is 6.10 Å². The molecule has 0 N–H and O–H groups in total. The van der Waals surface area contributed by atoms with Crippen molar-refractivity contribution in [3.05, 3.63) is 40.3 Å². The number of aromatic nitrogens is 2. The van der Waals surface area contributed by atoms with Crippen molar-refractivity contribution in [3.8, 4) is 0 Å². The Balaban J connectivity index is 1.74. The van der Waals surface area contributed by atoms with Crippen LogP contribution in [-0.2, 0) is 32.0 Å². The molecule has 2 heterocycles. The number of rotatable bonds is 7. The lowest BCUT2D eigenvalue weighted by Gasteiger charge is -2.12. The first kappa shape index (κ1) is 19.1. The van der Waals surface area contributed by atoms with Crippen LogP contribution >= 0.6 is 0 Å². The van der Waals surface area contributed by atoms with E-state index in [2.05, 4.69) is 11.9 Å². The van der Waals surface area contributed by atoms with Crippen molar-refractivity contribution in [3.63, 3.8) is 0 Å². The highest BCUT2D eigenvalue weighted by molar-refractivity contribution is 5.81. The highest BCUT2D eigenvalue weighted by Crippen LogP contribution is 2.18. The van der Waals surface area contributed by atoms with E-state index in [0.717, 1.165) is 23.9 Å². The maximum absolute atomic E-state index is 12.8. The molecule has 2 aromatic rings. The van der Waals surface area contributed by atoms with Crippen molar-refractivity contribution in [2.24, 2.45) is 0 Å². The molecule has 2 atom stereocenters. The molecule has 1 aromatic carbocycles. The molecule has 1 aliphatic heterocycles. The average Bonchev–Trinajstić information content (AvgIpc) is 2.96. The third kappa shape index (κ3) is 4.35. The second-order valence-electron chi connectivity index (χ2n) is 6.82. The number of benzene rings is 1. The van der Waals surface area contributed by atoms with Crippen molar-refractivity contribution in [2.45, 2.75) is 64.7 Å². The largest absolute Gasteiger partial charge is 0.460 e. The smallest absolute Gasteiger partial charge is 0.347 e. The van der Waals surface area contributed by atoms with E-state index in [0.29, 0.717) is 18.7 Å². The van der Waals surface area contributed by atoms with Gasteiger partial charge in [-0.2, -0.15) is 0 Å². The van der Waals surface area contributed by atoms with Gasteiger partial charge in [0.1, 0.15) is 11.8 Å². The summed E-state index contributed by atoms with van der Waals surface area (Å²) >= 11 is 0. The summed E-state index contributed by atoms with van der Waals surface area (Å²) in [5.41, 5.74) is 1.68. The van der Waals surface area contributed by atoms with E-state index >= 15 is 0 Å². The Morgan fingerprint density at radius 2 is 2.11 bits per heavy atom. The molecule has 0 bridgehead atoms. The van der Waals surface area contributed by atoms with Gasteiger partial charge >= 0.3 is 11.9 Å². The van der Waals surface area contributed by atoms with Crippen molar-refractivity contribution < 1.29 is 19.1 Å². The lowest BCUT2D eigenvalue weighted by atomic mass is 10.2. The summed E-state index contributed by atoms with van der Waals surface area (Å²) < 4.78 is 11.9. The van der Waals surface area contributed by atoms with Crippen LogP contribution in [0.5, 0.6) is 0 Å². The van der Waals surface area contributed by atoms with Crippen LogP contribution in [0.4, 0.5) is 0 Å². The molecule has 1 fully saturated rings. The Bertz CT molecular complexity index is 905. The van der Waals surface area contributed by atoms with Gasteiger partial charge in [-0.3, -0.25) is 9.59 Å². The summed E-state index contributed by atoms with van der Waals surface area (Å²) in [6.07, 6.45) is 1.29. The number of aryl methyl sites for hydroxylation is 2. The maximum Gasteiger partial charge on any atom is 0.347 e. The minimum Gasteiger partial charge on any atom is -0.460 e. The zero-order chi connectivity index (χ0) is 19.4. The fourth-order valence-electron chi connectivity index (χ4n) is 3.20. The molecule has 0 saturated carbocycles. The first-order chi connectivity index (χ1) is 13.0. The predicted octanol–water partition coefficient (Wildman–Crippen LogP) is 2.38. The number of carbonyl (C=O) groups is 2. The first-order valence-corrected chi connectivity index (χ1v) is 9.38. The zero-order valence-electron chi connectivity index (χ0n) is 15.6. The number of para-hydroxylation sites is 2. The van der Waals surface area contributed by atoms with Crippen LogP contribution in [0.1, 0.15) is 45.2 Å². The number of hydrogen-bond acceptors (Lipinski definition) is 6. The first-order valence-electron chi connectivity index (χ1n) is 9.38. The predicted molar refractivity (Wildman–Crippen MR) is 99.3 cm³/mol. The molecule has 1 saturated heterocycles. The molecule has 7 heteroatoms. The Kier molecular flexibility index (Phi) is 5.88. The summed E-state index contributed by atoms with van der Waals surface area (Å²) in [5.74, 6) is -1.04. The molecular formula is C20H24N2O5. The van der Waals surface area contributed by atoms with Gasteiger partial charge < -0.3 is 14.0 Å². The molecule has 144 valence electrons. The van der Waals surface area contributed by atoms with Gasteiger partial charge in [-0.15, -0.1) is 0 Å². The normalized spacial score (nSPS) is 19.3. The van der Waals surface area contributed by atoms with Crippen molar-refractivity contribution in [1.29, 1.82) is 0 Å². The van der Waals surface area contributed by atoms with Crippen LogP contribution < -0.4 is 5.56 Å². The summed E-state index contributed by atoms with van der Waals surface area (Å²) in [5, 5.41) is 0. The van der Waals surface area contributed by atoms with Gasteiger partial charge in [0.05, 0.1) is 17.5 Å². The fourth-order valence-corrected chi connectivity index (χ4v) is 3.20. The van der Waals surface area contributed by atoms with Crippen molar-refractivity contribution in [2.75, 3.05) is 0 Å². The number of fused-ring (bicyclic) bond motifs is 1. The van der Waals surface area contributed by atoms with Crippen LogP contribution in [0.25, 0.3) is 11.0 Å². The number of esters is 2. The van der Waals surface area contributed by atoms with E-state index in [1.165, 1.54) is 0 Å². The van der Waals surface area contributed by atoms with Crippen molar-refractivity contribution in [1.82, 2.24) is 9.55 Å². The molecule has 3 rings (SSSR count).